The summed E-state index contributed by atoms with van der Waals surface area (Å²) in [6.07, 6.45) is -4.42. The van der Waals surface area contributed by atoms with Crippen molar-refractivity contribution in [3.8, 4) is 11.5 Å². The van der Waals surface area contributed by atoms with E-state index in [0.717, 1.165) is 22.9 Å². The fourth-order valence-electron chi connectivity index (χ4n) is 2.69. The number of carbonyl (C=O) groups is 1. The van der Waals surface area contributed by atoms with Crippen molar-refractivity contribution in [2.24, 2.45) is 0 Å². The number of hydrogen-bond donors (Lipinski definition) is 1. The number of benzene rings is 3. The molecule has 1 amide bonds. The Hall–Kier alpha value is -3.68. The minimum atomic E-state index is -4.42. The van der Waals surface area contributed by atoms with Crippen molar-refractivity contribution >= 4 is 22.7 Å². The number of nitrogens with one attached hydrogen (secondary N) is 1. The molecule has 5 nitrogen and oxygen atoms in total. The third-order valence-electron chi connectivity index (χ3n) is 4.12. The molecule has 28 heavy (non-hydrogen) atoms. The molecule has 0 spiro atoms. The molecule has 4 rings (SSSR count). The zero-order valence-electron chi connectivity index (χ0n) is 14.2. The molecule has 0 radical (unpaired) electrons. The van der Waals surface area contributed by atoms with Gasteiger partial charge in [0.05, 0.1) is 5.56 Å². The normalized spacial score (nSPS) is 11.5. The SMILES string of the molecule is O=C(Nc1nnc(-c2ccc(C(F)(F)F)cc2)o1)c1ccc2ccccc2c1. The summed E-state index contributed by atoms with van der Waals surface area (Å²) in [7, 11) is 0. The van der Waals surface area contributed by atoms with Crippen molar-refractivity contribution < 1.29 is 22.4 Å². The van der Waals surface area contributed by atoms with Gasteiger partial charge in [0, 0.05) is 11.1 Å². The highest BCUT2D eigenvalue weighted by atomic mass is 19.4. The van der Waals surface area contributed by atoms with Gasteiger partial charge in [-0.1, -0.05) is 35.4 Å². The number of halogens is 3. The van der Waals surface area contributed by atoms with Crippen LogP contribution in [0.15, 0.2) is 71.1 Å². The lowest BCUT2D eigenvalue weighted by atomic mass is 10.1. The minimum absolute atomic E-state index is 0.00235. The Balaban J connectivity index is 1.51. The number of hydrogen-bond acceptors (Lipinski definition) is 4. The Morgan fingerprint density at radius 1 is 0.893 bits per heavy atom. The summed E-state index contributed by atoms with van der Waals surface area (Å²) in [4.78, 5) is 12.4. The predicted octanol–water partition coefficient (Wildman–Crippen LogP) is 5.16. The van der Waals surface area contributed by atoms with Gasteiger partial charge in [-0.3, -0.25) is 10.1 Å². The average molecular weight is 383 g/mol. The van der Waals surface area contributed by atoms with Crippen LogP contribution in [0.3, 0.4) is 0 Å². The second kappa shape index (κ2) is 6.80. The highest BCUT2D eigenvalue weighted by molar-refractivity contribution is 6.05. The van der Waals surface area contributed by atoms with E-state index in [0.29, 0.717) is 11.1 Å². The van der Waals surface area contributed by atoms with Crippen LogP contribution in [-0.4, -0.2) is 16.1 Å². The van der Waals surface area contributed by atoms with Gasteiger partial charge in [-0.05, 0) is 47.2 Å². The van der Waals surface area contributed by atoms with Crippen molar-refractivity contribution in [3.63, 3.8) is 0 Å². The predicted molar refractivity (Wildman–Crippen MR) is 96.6 cm³/mol. The van der Waals surface area contributed by atoms with Crippen LogP contribution in [0.2, 0.25) is 0 Å². The fourth-order valence-corrected chi connectivity index (χ4v) is 2.69. The van der Waals surface area contributed by atoms with Crippen molar-refractivity contribution in [2.45, 2.75) is 6.18 Å². The summed E-state index contributed by atoms with van der Waals surface area (Å²) in [5.74, 6) is -0.434. The average Bonchev–Trinajstić information content (AvgIpc) is 3.15. The molecule has 0 saturated heterocycles. The van der Waals surface area contributed by atoms with Crippen LogP contribution in [-0.2, 0) is 6.18 Å². The molecular formula is C20H12F3N3O2. The fraction of sp³-hybridized carbons (Fsp3) is 0.0500. The van der Waals surface area contributed by atoms with Crippen LogP contribution in [0, 0.1) is 0 Å². The van der Waals surface area contributed by atoms with Gasteiger partial charge < -0.3 is 4.42 Å². The summed E-state index contributed by atoms with van der Waals surface area (Å²) < 4.78 is 43.2. The van der Waals surface area contributed by atoms with Crippen molar-refractivity contribution in [1.29, 1.82) is 0 Å². The first kappa shape index (κ1) is 17.7. The Bertz CT molecular complexity index is 1150. The molecule has 1 N–H and O–H groups in total. The van der Waals surface area contributed by atoms with Crippen LogP contribution in [0.25, 0.3) is 22.2 Å². The van der Waals surface area contributed by atoms with E-state index in [4.69, 9.17) is 4.42 Å². The lowest BCUT2D eigenvalue weighted by Gasteiger charge is -2.05. The number of rotatable bonds is 3. The topological polar surface area (TPSA) is 68.0 Å². The summed E-state index contributed by atoms with van der Waals surface area (Å²) >= 11 is 0. The van der Waals surface area contributed by atoms with Gasteiger partial charge in [-0.15, -0.1) is 5.10 Å². The Labute approximate surface area is 156 Å². The van der Waals surface area contributed by atoms with Crippen LogP contribution < -0.4 is 5.32 Å². The van der Waals surface area contributed by atoms with Crippen molar-refractivity contribution in [3.05, 3.63) is 77.9 Å². The van der Waals surface area contributed by atoms with Gasteiger partial charge in [-0.2, -0.15) is 13.2 Å². The number of alkyl halides is 3. The molecule has 3 aromatic carbocycles. The first-order valence-electron chi connectivity index (χ1n) is 8.21. The lowest BCUT2D eigenvalue weighted by molar-refractivity contribution is -0.137. The monoisotopic (exact) mass is 383 g/mol. The standard InChI is InChI=1S/C20H12F3N3O2/c21-20(22,23)16-9-7-13(8-10-16)18-25-26-19(28-18)24-17(27)15-6-5-12-3-1-2-4-14(12)11-15/h1-11H,(H,24,26,27). The first-order valence-corrected chi connectivity index (χ1v) is 8.21. The van der Waals surface area contributed by atoms with E-state index in [2.05, 4.69) is 15.5 Å². The van der Waals surface area contributed by atoms with Gasteiger partial charge in [0.1, 0.15) is 0 Å². The lowest BCUT2D eigenvalue weighted by Crippen LogP contribution is -2.12. The number of nitrogens with zero attached hydrogens (tertiary/aromatic N) is 2. The molecule has 1 heterocycles. The second-order valence-corrected chi connectivity index (χ2v) is 6.00. The molecule has 140 valence electrons. The summed E-state index contributed by atoms with van der Waals surface area (Å²) in [6, 6.07) is 17.0. The Morgan fingerprint density at radius 3 is 2.32 bits per heavy atom. The number of amides is 1. The molecule has 0 aliphatic rings. The maximum absolute atomic E-state index is 12.6. The van der Waals surface area contributed by atoms with Crippen molar-refractivity contribution in [2.75, 3.05) is 5.32 Å². The zero-order chi connectivity index (χ0) is 19.7. The van der Waals surface area contributed by atoms with E-state index in [9.17, 15) is 18.0 Å². The van der Waals surface area contributed by atoms with Crippen LogP contribution in [0.4, 0.5) is 19.2 Å². The zero-order valence-corrected chi connectivity index (χ0v) is 14.2. The van der Waals surface area contributed by atoms with Gasteiger partial charge in [0.15, 0.2) is 0 Å². The molecule has 0 bridgehead atoms. The number of aromatic nitrogens is 2. The molecule has 0 fully saturated rings. The highest BCUT2D eigenvalue weighted by Gasteiger charge is 2.30. The summed E-state index contributed by atoms with van der Waals surface area (Å²) in [6.45, 7) is 0. The molecule has 0 unspecified atom stereocenters. The van der Waals surface area contributed by atoms with E-state index >= 15 is 0 Å². The van der Waals surface area contributed by atoms with Gasteiger partial charge in [0.25, 0.3) is 5.91 Å². The van der Waals surface area contributed by atoms with Gasteiger partial charge in [0.2, 0.25) is 5.89 Å². The maximum Gasteiger partial charge on any atom is 0.416 e. The molecule has 0 atom stereocenters. The van der Waals surface area contributed by atoms with E-state index in [1.165, 1.54) is 12.1 Å². The largest absolute Gasteiger partial charge is 0.416 e. The Kier molecular flexibility index (Phi) is 4.31. The van der Waals surface area contributed by atoms with Gasteiger partial charge in [-0.25, -0.2) is 0 Å². The van der Waals surface area contributed by atoms with E-state index in [1.54, 1.807) is 12.1 Å². The van der Waals surface area contributed by atoms with E-state index < -0.39 is 17.6 Å². The molecule has 4 aromatic rings. The van der Waals surface area contributed by atoms with Crippen LogP contribution in [0.1, 0.15) is 15.9 Å². The molecule has 0 saturated carbocycles. The number of anilines is 1. The summed E-state index contributed by atoms with van der Waals surface area (Å²) in [5, 5.41) is 11.9. The maximum atomic E-state index is 12.6. The quantitative estimate of drug-likeness (QED) is 0.531. The highest BCUT2D eigenvalue weighted by Crippen LogP contribution is 2.31. The van der Waals surface area contributed by atoms with Gasteiger partial charge >= 0.3 is 12.2 Å². The van der Waals surface area contributed by atoms with Crippen molar-refractivity contribution in [1.82, 2.24) is 10.2 Å². The van der Waals surface area contributed by atoms with E-state index in [1.807, 2.05) is 30.3 Å². The molecular weight excluding hydrogens is 371 g/mol. The second-order valence-electron chi connectivity index (χ2n) is 6.00. The summed E-state index contributed by atoms with van der Waals surface area (Å²) in [5.41, 5.74) is -0.0553. The number of fused-ring (bicyclic) bond motifs is 1. The minimum Gasteiger partial charge on any atom is -0.403 e. The molecule has 0 aliphatic heterocycles. The molecule has 1 aromatic heterocycles. The van der Waals surface area contributed by atoms with E-state index in [-0.39, 0.29) is 11.9 Å². The number of carbonyl (C=O) groups excluding carboxylic acids is 1. The van der Waals surface area contributed by atoms with Crippen LogP contribution in [0.5, 0.6) is 0 Å². The smallest absolute Gasteiger partial charge is 0.403 e. The molecule has 0 aliphatic carbocycles. The third-order valence-corrected chi connectivity index (χ3v) is 4.12. The van der Waals surface area contributed by atoms with Crippen LogP contribution >= 0.6 is 0 Å². The first-order chi connectivity index (χ1) is 13.4. The third kappa shape index (κ3) is 3.57. The molecule has 8 heteroatoms. The Morgan fingerprint density at radius 2 is 1.61 bits per heavy atom.